The molecule has 112 valence electrons. The first-order valence-corrected chi connectivity index (χ1v) is 8.03. The molecule has 1 aliphatic heterocycles. The summed E-state index contributed by atoms with van der Waals surface area (Å²) >= 11 is 0. The van der Waals surface area contributed by atoms with Gasteiger partial charge in [0.2, 0.25) is 5.91 Å². The largest absolute Gasteiger partial charge is 0.340 e. The van der Waals surface area contributed by atoms with Crippen LogP contribution < -0.4 is 0 Å². The fourth-order valence-corrected chi connectivity index (χ4v) is 3.24. The Morgan fingerprint density at radius 2 is 1.81 bits per heavy atom. The Bertz CT molecular complexity index is 489. The lowest BCUT2D eigenvalue weighted by molar-refractivity contribution is -0.137. The van der Waals surface area contributed by atoms with Crippen LogP contribution in [0.3, 0.4) is 0 Å². The van der Waals surface area contributed by atoms with Crippen LogP contribution in [0.15, 0.2) is 42.5 Å². The molecule has 1 heterocycles. The third-order valence-corrected chi connectivity index (χ3v) is 4.55. The molecule has 1 amide bonds. The van der Waals surface area contributed by atoms with Crippen LogP contribution in [0.2, 0.25) is 0 Å². The van der Waals surface area contributed by atoms with E-state index in [4.69, 9.17) is 0 Å². The zero-order valence-electron chi connectivity index (χ0n) is 12.6. The molecular formula is C18H24N2O. The number of carbonyl (C=O) groups excluding carboxylic acids is 1. The molecule has 1 aliphatic carbocycles. The number of rotatable bonds is 3. The number of allylic oxidation sites excluding steroid dienone is 2. The minimum atomic E-state index is 0.232. The SMILES string of the molecule is O=C(C1CC=CCC1)N1CCN(Cc2ccccc2)CC1. The van der Waals surface area contributed by atoms with Crippen molar-refractivity contribution in [1.29, 1.82) is 0 Å². The maximum absolute atomic E-state index is 12.5. The molecule has 0 N–H and O–H groups in total. The Morgan fingerprint density at radius 1 is 1.05 bits per heavy atom. The molecule has 0 radical (unpaired) electrons. The predicted octanol–water partition coefficient (Wildman–Crippen LogP) is 2.69. The monoisotopic (exact) mass is 284 g/mol. The smallest absolute Gasteiger partial charge is 0.226 e. The highest BCUT2D eigenvalue weighted by Crippen LogP contribution is 2.21. The van der Waals surface area contributed by atoms with Gasteiger partial charge in [-0.1, -0.05) is 42.5 Å². The van der Waals surface area contributed by atoms with E-state index in [0.29, 0.717) is 5.91 Å². The molecule has 3 rings (SSSR count). The third-order valence-electron chi connectivity index (χ3n) is 4.55. The van der Waals surface area contributed by atoms with Crippen LogP contribution in [0.5, 0.6) is 0 Å². The van der Waals surface area contributed by atoms with Gasteiger partial charge in [0, 0.05) is 38.6 Å². The maximum atomic E-state index is 12.5. The van der Waals surface area contributed by atoms with Gasteiger partial charge in [-0.2, -0.15) is 0 Å². The van der Waals surface area contributed by atoms with E-state index in [0.717, 1.165) is 52.0 Å². The summed E-state index contributed by atoms with van der Waals surface area (Å²) in [6, 6.07) is 10.6. The van der Waals surface area contributed by atoms with Crippen LogP contribution in [0.25, 0.3) is 0 Å². The van der Waals surface area contributed by atoms with Crippen LogP contribution in [0, 0.1) is 5.92 Å². The average Bonchev–Trinajstić information content (AvgIpc) is 2.57. The van der Waals surface area contributed by atoms with Crippen molar-refractivity contribution >= 4 is 5.91 Å². The van der Waals surface area contributed by atoms with Gasteiger partial charge < -0.3 is 4.90 Å². The molecule has 0 spiro atoms. The highest BCUT2D eigenvalue weighted by atomic mass is 16.2. The van der Waals surface area contributed by atoms with Crippen LogP contribution in [0.4, 0.5) is 0 Å². The first-order valence-electron chi connectivity index (χ1n) is 8.03. The lowest BCUT2D eigenvalue weighted by atomic mass is 9.93. The first-order chi connectivity index (χ1) is 10.3. The van der Waals surface area contributed by atoms with Crippen LogP contribution in [-0.2, 0) is 11.3 Å². The van der Waals surface area contributed by atoms with Gasteiger partial charge in [-0.15, -0.1) is 0 Å². The van der Waals surface area contributed by atoms with Crippen molar-refractivity contribution in [2.45, 2.75) is 25.8 Å². The van der Waals surface area contributed by atoms with Crippen molar-refractivity contribution in [3.05, 3.63) is 48.0 Å². The highest BCUT2D eigenvalue weighted by molar-refractivity contribution is 5.79. The predicted molar refractivity (Wildman–Crippen MR) is 84.8 cm³/mol. The highest BCUT2D eigenvalue weighted by Gasteiger charge is 2.27. The van der Waals surface area contributed by atoms with Gasteiger partial charge in [-0.05, 0) is 24.8 Å². The molecule has 2 aliphatic rings. The second-order valence-electron chi connectivity index (χ2n) is 6.07. The quantitative estimate of drug-likeness (QED) is 0.797. The summed E-state index contributed by atoms with van der Waals surface area (Å²) in [5.74, 6) is 0.606. The third kappa shape index (κ3) is 3.73. The fourth-order valence-electron chi connectivity index (χ4n) is 3.24. The van der Waals surface area contributed by atoms with Gasteiger partial charge in [-0.3, -0.25) is 9.69 Å². The summed E-state index contributed by atoms with van der Waals surface area (Å²) in [7, 11) is 0. The Labute approximate surface area is 127 Å². The number of carbonyl (C=O) groups is 1. The zero-order valence-corrected chi connectivity index (χ0v) is 12.6. The van der Waals surface area contributed by atoms with E-state index >= 15 is 0 Å². The molecule has 1 fully saturated rings. The molecule has 3 nitrogen and oxygen atoms in total. The van der Waals surface area contributed by atoms with Crippen molar-refractivity contribution < 1.29 is 4.79 Å². The first kappa shape index (κ1) is 14.3. The van der Waals surface area contributed by atoms with Gasteiger partial charge in [0.05, 0.1) is 0 Å². The normalized spacial score (nSPS) is 23.2. The fraction of sp³-hybridized carbons (Fsp3) is 0.500. The zero-order chi connectivity index (χ0) is 14.5. The second kappa shape index (κ2) is 6.90. The molecule has 0 aromatic heterocycles. The summed E-state index contributed by atoms with van der Waals surface area (Å²) in [6.07, 6.45) is 7.38. The Balaban J connectivity index is 1.48. The van der Waals surface area contributed by atoms with Crippen molar-refractivity contribution in [1.82, 2.24) is 9.80 Å². The molecular weight excluding hydrogens is 260 g/mol. The van der Waals surface area contributed by atoms with Crippen molar-refractivity contribution in [2.75, 3.05) is 26.2 Å². The van der Waals surface area contributed by atoms with Crippen molar-refractivity contribution in [2.24, 2.45) is 5.92 Å². The summed E-state index contributed by atoms with van der Waals surface area (Å²) in [6.45, 7) is 4.74. The Kier molecular flexibility index (Phi) is 4.71. The van der Waals surface area contributed by atoms with Crippen molar-refractivity contribution in [3.63, 3.8) is 0 Å². The minimum absolute atomic E-state index is 0.232. The molecule has 1 saturated heterocycles. The van der Waals surface area contributed by atoms with E-state index in [2.05, 4.69) is 52.3 Å². The van der Waals surface area contributed by atoms with E-state index in [-0.39, 0.29) is 5.92 Å². The molecule has 1 unspecified atom stereocenters. The standard InChI is InChI=1S/C18H24N2O/c21-18(17-9-5-2-6-10-17)20-13-11-19(12-14-20)15-16-7-3-1-4-8-16/h1-5,7-8,17H,6,9-15H2. The lowest BCUT2D eigenvalue weighted by Gasteiger charge is -2.36. The van der Waals surface area contributed by atoms with Gasteiger partial charge in [-0.25, -0.2) is 0 Å². The number of piperazine rings is 1. The number of nitrogens with zero attached hydrogens (tertiary/aromatic N) is 2. The molecule has 0 saturated carbocycles. The maximum Gasteiger partial charge on any atom is 0.226 e. The summed E-state index contributed by atoms with van der Waals surface area (Å²) < 4.78 is 0. The molecule has 3 heteroatoms. The van der Waals surface area contributed by atoms with Gasteiger partial charge >= 0.3 is 0 Å². The molecule has 21 heavy (non-hydrogen) atoms. The molecule has 0 bridgehead atoms. The number of hydrogen-bond acceptors (Lipinski definition) is 2. The molecule has 1 aromatic rings. The van der Waals surface area contributed by atoms with Gasteiger partial charge in [0.25, 0.3) is 0 Å². The second-order valence-corrected chi connectivity index (χ2v) is 6.07. The average molecular weight is 284 g/mol. The molecule has 1 atom stereocenters. The summed E-state index contributed by atoms with van der Waals surface area (Å²) in [4.78, 5) is 17.0. The molecule has 1 aromatic carbocycles. The summed E-state index contributed by atoms with van der Waals surface area (Å²) in [5, 5.41) is 0. The topological polar surface area (TPSA) is 23.6 Å². The van der Waals surface area contributed by atoms with E-state index in [9.17, 15) is 4.79 Å². The van der Waals surface area contributed by atoms with Crippen LogP contribution in [-0.4, -0.2) is 41.9 Å². The Morgan fingerprint density at radius 3 is 2.48 bits per heavy atom. The van der Waals surface area contributed by atoms with Crippen molar-refractivity contribution in [3.8, 4) is 0 Å². The van der Waals surface area contributed by atoms with E-state index in [1.807, 2.05) is 0 Å². The van der Waals surface area contributed by atoms with Gasteiger partial charge in [0.1, 0.15) is 0 Å². The Hall–Kier alpha value is -1.61. The number of amides is 1. The van der Waals surface area contributed by atoms with E-state index < -0.39 is 0 Å². The van der Waals surface area contributed by atoms with Gasteiger partial charge in [0.15, 0.2) is 0 Å². The number of hydrogen-bond donors (Lipinski definition) is 0. The number of benzene rings is 1. The minimum Gasteiger partial charge on any atom is -0.340 e. The van der Waals surface area contributed by atoms with Crippen LogP contribution >= 0.6 is 0 Å². The lowest BCUT2D eigenvalue weighted by Crippen LogP contribution is -2.50. The van der Waals surface area contributed by atoms with Crippen LogP contribution in [0.1, 0.15) is 24.8 Å². The summed E-state index contributed by atoms with van der Waals surface area (Å²) in [5.41, 5.74) is 1.36. The van der Waals surface area contributed by atoms with E-state index in [1.165, 1.54) is 5.56 Å². The van der Waals surface area contributed by atoms with E-state index in [1.54, 1.807) is 0 Å².